The van der Waals surface area contributed by atoms with Crippen molar-refractivity contribution in [1.29, 1.82) is 5.26 Å². The van der Waals surface area contributed by atoms with Gasteiger partial charge in [-0.15, -0.1) is 0 Å². The van der Waals surface area contributed by atoms with Gasteiger partial charge in [-0.2, -0.15) is 14.0 Å². The molecule has 1 N–H and O–H groups in total. The van der Waals surface area contributed by atoms with Crippen molar-refractivity contribution in [2.45, 2.75) is 18.7 Å². The SMILES string of the molecule is CCc1c(C#N)cc([N+](=O)[O-])c2nc(C(F)(F)Cl)[nH]c12. The number of aromatic nitrogens is 2. The number of alkyl halides is 3. The lowest BCUT2D eigenvalue weighted by Crippen LogP contribution is -2.05. The number of non-ortho nitro benzene ring substituents is 1. The third kappa shape index (κ3) is 2.16. The maximum Gasteiger partial charge on any atom is 0.379 e. The molecule has 0 aliphatic carbocycles. The van der Waals surface area contributed by atoms with Crippen LogP contribution in [0.4, 0.5) is 14.5 Å². The summed E-state index contributed by atoms with van der Waals surface area (Å²) in [5, 5.41) is 16.2. The zero-order valence-corrected chi connectivity index (χ0v) is 10.8. The van der Waals surface area contributed by atoms with Crippen LogP contribution >= 0.6 is 11.6 Å². The zero-order valence-electron chi connectivity index (χ0n) is 10.1. The Morgan fingerprint density at radius 1 is 1.65 bits per heavy atom. The molecule has 6 nitrogen and oxygen atoms in total. The van der Waals surface area contributed by atoms with Crippen molar-refractivity contribution >= 4 is 28.3 Å². The molecule has 104 valence electrons. The van der Waals surface area contributed by atoms with Crippen molar-refractivity contribution < 1.29 is 13.7 Å². The van der Waals surface area contributed by atoms with Crippen LogP contribution < -0.4 is 0 Å². The summed E-state index contributed by atoms with van der Waals surface area (Å²) in [4.78, 5) is 16.0. The van der Waals surface area contributed by atoms with Gasteiger partial charge in [0.05, 0.1) is 22.1 Å². The summed E-state index contributed by atoms with van der Waals surface area (Å²) in [6.07, 6.45) is 0.326. The van der Waals surface area contributed by atoms with Crippen molar-refractivity contribution in [3.8, 4) is 6.07 Å². The van der Waals surface area contributed by atoms with Crippen LogP contribution in [0, 0.1) is 21.4 Å². The molecule has 2 rings (SSSR count). The number of fused-ring (bicyclic) bond motifs is 1. The summed E-state index contributed by atoms with van der Waals surface area (Å²) in [6.45, 7) is 1.70. The molecule has 0 fully saturated rings. The number of aromatic amines is 1. The van der Waals surface area contributed by atoms with E-state index in [1.165, 1.54) is 0 Å². The second-order valence-corrected chi connectivity index (χ2v) is 4.43. The molecule has 0 aliphatic rings. The zero-order chi connectivity index (χ0) is 15.1. The van der Waals surface area contributed by atoms with Gasteiger partial charge in [-0.05, 0) is 23.6 Å². The van der Waals surface area contributed by atoms with Crippen molar-refractivity contribution in [2.75, 3.05) is 0 Å². The summed E-state index contributed by atoms with van der Waals surface area (Å²) in [7, 11) is 0. The first kappa shape index (κ1) is 14.1. The quantitative estimate of drug-likeness (QED) is 0.535. The Hall–Kier alpha value is -2.27. The molecule has 1 aromatic carbocycles. The average molecular weight is 301 g/mol. The van der Waals surface area contributed by atoms with Gasteiger partial charge < -0.3 is 4.98 Å². The molecule has 20 heavy (non-hydrogen) atoms. The standard InChI is InChI=1S/C11H7ClF2N4O2/c1-2-6-5(4-15)3-7(18(19)20)9-8(6)16-10(17-9)11(12,13)14/h3H,2H2,1H3,(H,16,17). The molecule has 1 aromatic heterocycles. The normalized spacial score (nSPS) is 11.6. The number of halogens is 3. The Morgan fingerprint density at radius 2 is 2.30 bits per heavy atom. The Balaban J connectivity index is 2.92. The third-order valence-electron chi connectivity index (χ3n) is 2.79. The molecule has 0 saturated heterocycles. The predicted octanol–water partition coefficient (Wildman–Crippen LogP) is 3.19. The number of rotatable bonds is 3. The molecule has 0 bridgehead atoms. The van der Waals surface area contributed by atoms with Gasteiger partial charge in [-0.3, -0.25) is 10.1 Å². The van der Waals surface area contributed by atoms with Crippen LogP contribution in [-0.2, 0) is 11.8 Å². The number of H-pyrrole nitrogens is 1. The Bertz CT molecular complexity index is 745. The number of nitrogens with one attached hydrogen (secondary N) is 1. The lowest BCUT2D eigenvalue weighted by molar-refractivity contribution is -0.383. The highest BCUT2D eigenvalue weighted by molar-refractivity contribution is 6.21. The minimum atomic E-state index is -3.77. The molecule has 9 heteroatoms. The van der Waals surface area contributed by atoms with Crippen molar-refractivity contribution in [3.63, 3.8) is 0 Å². The molecule has 0 unspecified atom stereocenters. The van der Waals surface area contributed by atoms with Crippen LogP contribution in [0.5, 0.6) is 0 Å². The van der Waals surface area contributed by atoms with Crippen molar-refractivity contribution in [1.82, 2.24) is 9.97 Å². The maximum atomic E-state index is 13.1. The van der Waals surface area contributed by atoms with E-state index in [9.17, 15) is 18.9 Å². The average Bonchev–Trinajstić information content (AvgIpc) is 2.80. The lowest BCUT2D eigenvalue weighted by Gasteiger charge is -2.03. The summed E-state index contributed by atoms with van der Waals surface area (Å²) in [6, 6.07) is 2.84. The van der Waals surface area contributed by atoms with Crippen LogP contribution in [0.3, 0.4) is 0 Å². The van der Waals surface area contributed by atoms with E-state index in [0.717, 1.165) is 6.07 Å². The van der Waals surface area contributed by atoms with Crippen LogP contribution in [-0.4, -0.2) is 14.9 Å². The number of nitriles is 1. The molecule has 0 atom stereocenters. The number of hydrogen-bond acceptors (Lipinski definition) is 4. The minimum absolute atomic E-state index is 0.0357. The molecule has 0 radical (unpaired) electrons. The summed E-state index contributed by atoms with van der Waals surface area (Å²) >= 11 is 4.87. The van der Waals surface area contributed by atoms with Gasteiger partial charge >= 0.3 is 5.38 Å². The number of benzene rings is 1. The topological polar surface area (TPSA) is 95.6 Å². The number of nitro groups is 1. The fourth-order valence-corrected chi connectivity index (χ4v) is 2.03. The van der Waals surface area contributed by atoms with Gasteiger partial charge in [-0.25, -0.2) is 4.98 Å². The van der Waals surface area contributed by atoms with Gasteiger partial charge in [-0.1, -0.05) is 6.92 Å². The van der Waals surface area contributed by atoms with Crippen molar-refractivity contribution in [3.05, 3.63) is 33.1 Å². The summed E-state index contributed by atoms with van der Waals surface area (Å²) in [5.41, 5.74) is -0.292. The molecule has 2 aromatic rings. The number of hydrogen-bond donors (Lipinski definition) is 1. The molecule has 0 saturated carbocycles. The van der Waals surface area contributed by atoms with E-state index in [-0.39, 0.29) is 16.6 Å². The Kier molecular flexibility index (Phi) is 3.31. The third-order valence-corrected chi connectivity index (χ3v) is 2.97. The van der Waals surface area contributed by atoms with Gasteiger partial charge in [0.15, 0.2) is 11.3 Å². The van der Waals surface area contributed by atoms with E-state index in [2.05, 4.69) is 9.97 Å². The molecular formula is C11H7ClF2N4O2. The maximum absolute atomic E-state index is 13.1. The van der Waals surface area contributed by atoms with E-state index >= 15 is 0 Å². The smallest absolute Gasteiger partial charge is 0.335 e. The van der Waals surface area contributed by atoms with E-state index in [4.69, 9.17) is 16.9 Å². The summed E-state index contributed by atoms with van der Waals surface area (Å²) < 4.78 is 26.2. The highest BCUT2D eigenvalue weighted by Crippen LogP contribution is 2.36. The Labute approximate surface area is 116 Å². The molecule has 0 spiro atoms. The van der Waals surface area contributed by atoms with E-state index in [1.807, 2.05) is 6.07 Å². The molecule has 0 amide bonds. The van der Waals surface area contributed by atoms with E-state index in [0.29, 0.717) is 12.0 Å². The monoisotopic (exact) mass is 300 g/mol. The van der Waals surface area contributed by atoms with Gasteiger partial charge in [0.25, 0.3) is 5.69 Å². The highest BCUT2D eigenvalue weighted by atomic mass is 35.5. The van der Waals surface area contributed by atoms with E-state index < -0.39 is 21.8 Å². The van der Waals surface area contributed by atoms with Crippen LogP contribution in [0.1, 0.15) is 23.9 Å². The molecular weight excluding hydrogens is 294 g/mol. The van der Waals surface area contributed by atoms with Crippen LogP contribution in [0.25, 0.3) is 11.0 Å². The summed E-state index contributed by atoms with van der Waals surface area (Å²) in [5.74, 6) is -0.887. The second kappa shape index (κ2) is 4.68. The van der Waals surface area contributed by atoms with Gasteiger partial charge in [0.2, 0.25) is 0 Å². The lowest BCUT2D eigenvalue weighted by atomic mass is 10.0. The largest absolute Gasteiger partial charge is 0.379 e. The van der Waals surface area contributed by atoms with Crippen LogP contribution in [0.15, 0.2) is 6.07 Å². The molecule has 0 aliphatic heterocycles. The van der Waals surface area contributed by atoms with Crippen molar-refractivity contribution in [2.24, 2.45) is 0 Å². The minimum Gasteiger partial charge on any atom is -0.335 e. The van der Waals surface area contributed by atoms with Crippen LogP contribution in [0.2, 0.25) is 0 Å². The van der Waals surface area contributed by atoms with E-state index in [1.54, 1.807) is 6.92 Å². The Morgan fingerprint density at radius 3 is 2.75 bits per heavy atom. The van der Waals surface area contributed by atoms with Gasteiger partial charge in [0, 0.05) is 6.07 Å². The number of aryl methyl sites for hydroxylation is 1. The fourth-order valence-electron chi connectivity index (χ4n) is 1.94. The first-order valence-electron chi connectivity index (χ1n) is 5.46. The fraction of sp³-hybridized carbons (Fsp3) is 0.273. The number of nitro benzene ring substituents is 1. The molecule has 1 heterocycles. The first-order chi connectivity index (χ1) is 9.29. The second-order valence-electron chi connectivity index (χ2n) is 3.95. The number of imidazole rings is 1. The predicted molar refractivity (Wildman–Crippen MR) is 66.6 cm³/mol. The van der Waals surface area contributed by atoms with Gasteiger partial charge in [0.1, 0.15) is 0 Å². The highest BCUT2D eigenvalue weighted by Gasteiger charge is 2.34. The first-order valence-corrected chi connectivity index (χ1v) is 5.84. The number of nitrogens with zero attached hydrogens (tertiary/aromatic N) is 3.